The van der Waals surface area contributed by atoms with Gasteiger partial charge in [0.05, 0.1) is 11.9 Å². The smallest absolute Gasteiger partial charge is 0.270 e. The molecule has 0 aromatic carbocycles. The molecule has 2 unspecified atom stereocenters. The lowest BCUT2D eigenvalue weighted by Crippen LogP contribution is -2.47. The number of fused-ring (bicyclic) bond motifs is 1. The van der Waals surface area contributed by atoms with Gasteiger partial charge in [-0.3, -0.25) is 4.79 Å². The van der Waals surface area contributed by atoms with E-state index in [1.54, 1.807) is 12.3 Å². The van der Waals surface area contributed by atoms with Gasteiger partial charge in [-0.2, -0.15) is 0 Å². The lowest BCUT2D eigenvalue weighted by molar-refractivity contribution is 0.0891. The predicted molar refractivity (Wildman–Crippen MR) is 83.5 cm³/mol. The standard InChI is InChI=1S/C16H24N4O/c1-2-17-13-5-6-15(18-11-13)16(21)19-12-7-9-20-8-3-4-14(20)10-12/h5-6,11-12,14,17H,2-4,7-10H2,1H3,(H,19,21). The molecule has 2 aliphatic rings. The van der Waals surface area contributed by atoms with E-state index in [0.29, 0.717) is 17.8 Å². The van der Waals surface area contributed by atoms with E-state index in [-0.39, 0.29) is 5.91 Å². The Morgan fingerprint density at radius 2 is 2.29 bits per heavy atom. The van der Waals surface area contributed by atoms with E-state index in [4.69, 9.17) is 0 Å². The zero-order valence-corrected chi connectivity index (χ0v) is 12.6. The highest BCUT2D eigenvalue weighted by atomic mass is 16.1. The van der Waals surface area contributed by atoms with Crippen LogP contribution in [-0.4, -0.2) is 47.5 Å². The Bertz CT molecular complexity index is 488. The van der Waals surface area contributed by atoms with Gasteiger partial charge in [-0.25, -0.2) is 4.98 Å². The third-order valence-corrected chi connectivity index (χ3v) is 4.53. The molecular weight excluding hydrogens is 264 g/mol. The molecule has 3 rings (SSSR count). The number of hydrogen-bond acceptors (Lipinski definition) is 4. The summed E-state index contributed by atoms with van der Waals surface area (Å²) in [7, 11) is 0. The van der Waals surface area contributed by atoms with E-state index < -0.39 is 0 Å². The SMILES string of the molecule is CCNc1ccc(C(=O)NC2CCN3CCCC3C2)nc1. The van der Waals surface area contributed by atoms with E-state index >= 15 is 0 Å². The van der Waals surface area contributed by atoms with Crippen LogP contribution in [0.2, 0.25) is 0 Å². The Morgan fingerprint density at radius 1 is 1.38 bits per heavy atom. The van der Waals surface area contributed by atoms with Crippen LogP contribution < -0.4 is 10.6 Å². The van der Waals surface area contributed by atoms with Crippen molar-refractivity contribution in [3.8, 4) is 0 Å². The van der Waals surface area contributed by atoms with Crippen molar-refractivity contribution in [2.75, 3.05) is 25.0 Å². The first-order valence-corrected chi connectivity index (χ1v) is 8.01. The summed E-state index contributed by atoms with van der Waals surface area (Å²) in [5.41, 5.74) is 1.46. The molecular formula is C16H24N4O. The Morgan fingerprint density at radius 3 is 3.05 bits per heavy atom. The van der Waals surface area contributed by atoms with Crippen molar-refractivity contribution >= 4 is 11.6 Å². The van der Waals surface area contributed by atoms with E-state index in [9.17, 15) is 4.79 Å². The summed E-state index contributed by atoms with van der Waals surface area (Å²) in [6.45, 7) is 5.24. The van der Waals surface area contributed by atoms with Crippen LogP contribution in [0.25, 0.3) is 0 Å². The van der Waals surface area contributed by atoms with Crippen molar-refractivity contribution in [2.45, 2.75) is 44.7 Å². The van der Waals surface area contributed by atoms with Crippen LogP contribution in [0.15, 0.2) is 18.3 Å². The topological polar surface area (TPSA) is 57.3 Å². The zero-order valence-electron chi connectivity index (χ0n) is 12.6. The second-order valence-electron chi connectivity index (χ2n) is 5.99. The normalized spacial score (nSPS) is 25.4. The number of nitrogens with one attached hydrogen (secondary N) is 2. The lowest BCUT2D eigenvalue weighted by atomic mass is 9.97. The van der Waals surface area contributed by atoms with Crippen molar-refractivity contribution in [1.29, 1.82) is 0 Å². The lowest BCUT2D eigenvalue weighted by Gasteiger charge is -2.35. The Kier molecular flexibility index (Phi) is 4.39. The van der Waals surface area contributed by atoms with Crippen LogP contribution >= 0.6 is 0 Å². The molecule has 2 fully saturated rings. The van der Waals surface area contributed by atoms with Gasteiger partial charge in [-0.15, -0.1) is 0 Å². The fourth-order valence-corrected chi connectivity index (χ4v) is 3.45. The summed E-state index contributed by atoms with van der Waals surface area (Å²) < 4.78 is 0. The van der Waals surface area contributed by atoms with Crippen LogP contribution in [-0.2, 0) is 0 Å². The van der Waals surface area contributed by atoms with E-state index in [1.807, 2.05) is 13.0 Å². The number of pyridine rings is 1. The molecule has 3 heterocycles. The molecule has 2 atom stereocenters. The first-order chi connectivity index (χ1) is 10.3. The van der Waals surface area contributed by atoms with Crippen molar-refractivity contribution in [1.82, 2.24) is 15.2 Å². The van der Waals surface area contributed by atoms with Gasteiger partial charge >= 0.3 is 0 Å². The van der Waals surface area contributed by atoms with Gasteiger partial charge in [-0.1, -0.05) is 0 Å². The summed E-state index contributed by atoms with van der Waals surface area (Å²) in [6.07, 6.45) is 6.44. The summed E-state index contributed by atoms with van der Waals surface area (Å²) in [4.78, 5) is 19.1. The van der Waals surface area contributed by atoms with Gasteiger partial charge in [0.15, 0.2) is 0 Å². The Hall–Kier alpha value is -1.62. The number of piperidine rings is 1. The molecule has 2 N–H and O–H groups in total. The highest BCUT2D eigenvalue weighted by molar-refractivity contribution is 5.92. The van der Waals surface area contributed by atoms with E-state index in [0.717, 1.165) is 31.6 Å². The number of nitrogens with zero attached hydrogens (tertiary/aromatic N) is 2. The third kappa shape index (κ3) is 3.35. The van der Waals surface area contributed by atoms with Crippen LogP contribution in [0.3, 0.4) is 0 Å². The molecule has 2 aliphatic heterocycles. The van der Waals surface area contributed by atoms with Crippen molar-refractivity contribution in [3.05, 3.63) is 24.0 Å². The highest BCUT2D eigenvalue weighted by Crippen LogP contribution is 2.26. The molecule has 0 spiro atoms. The minimum Gasteiger partial charge on any atom is -0.384 e. The Labute approximate surface area is 126 Å². The summed E-state index contributed by atoms with van der Waals surface area (Å²) in [5.74, 6) is -0.0468. The number of rotatable bonds is 4. The minimum absolute atomic E-state index is 0.0468. The molecule has 0 radical (unpaired) electrons. The predicted octanol–water partition coefficient (Wildman–Crippen LogP) is 1.87. The molecule has 0 bridgehead atoms. The average molecular weight is 288 g/mol. The van der Waals surface area contributed by atoms with Crippen LogP contribution in [0.4, 0.5) is 5.69 Å². The molecule has 0 aliphatic carbocycles. The molecule has 114 valence electrons. The largest absolute Gasteiger partial charge is 0.384 e. The number of aromatic nitrogens is 1. The van der Waals surface area contributed by atoms with Crippen LogP contribution in [0.5, 0.6) is 0 Å². The van der Waals surface area contributed by atoms with E-state index in [2.05, 4.69) is 20.5 Å². The minimum atomic E-state index is -0.0468. The summed E-state index contributed by atoms with van der Waals surface area (Å²) in [6, 6.07) is 4.67. The maximum absolute atomic E-state index is 12.3. The van der Waals surface area contributed by atoms with Gasteiger partial charge in [0.25, 0.3) is 5.91 Å². The molecule has 1 amide bonds. The number of carbonyl (C=O) groups excluding carboxylic acids is 1. The number of hydrogen-bond donors (Lipinski definition) is 2. The summed E-state index contributed by atoms with van der Waals surface area (Å²) >= 11 is 0. The fourth-order valence-electron chi connectivity index (χ4n) is 3.45. The monoisotopic (exact) mass is 288 g/mol. The molecule has 5 heteroatoms. The van der Waals surface area contributed by atoms with Gasteiger partial charge in [-0.05, 0) is 51.3 Å². The molecule has 1 aromatic rings. The number of anilines is 1. The van der Waals surface area contributed by atoms with Gasteiger partial charge in [0.2, 0.25) is 0 Å². The quantitative estimate of drug-likeness (QED) is 0.888. The van der Waals surface area contributed by atoms with Crippen molar-refractivity contribution < 1.29 is 4.79 Å². The second kappa shape index (κ2) is 6.43. The first-order valence-electron chi connectivity index (χ1n) is 8.01. The molecule has 2 saturated heterocycles. The van der Waals surface area contributed by atoms with Crippen LogP contribution in [0.1, 0.15) is 43.1 Å². The third-order valence-electron chi connectivity index (χ3n) is 4.53. The molecule has 5 nitrogen and oxygen atoms in total. The maximum atomic E-state index is 12.3. The van der Waals surface area contributed by atoms with Gasteiger partial charge in [0, 0.05) is 25.2 Å². The number of carbonyl (C=O) groups is 1. The van der Waals surface area contributed by atoms with Gasteiger partial charge < -0.3 is 15.5 Å². The van der Waals surface area contributed by atoms with Crippen molar-refractivity contribution in [2.24, 2.45) is 0 Å². The second-order valence-corrected chi connectivity index (χ2v) is 5.99. The molecule has 0 saturated carbocycles. The maximum Gasteiger partial charge on any atom is 0.270 e. The Balaban J connectivity index is 1.55. The number of amides is 1. The fraction of sp³-hybridized carbons (Fsp3) is 0.625. The zero-order chi connectivity index (χ0) is 14.7. The molecule has 21 heavy (non-hydrogen) atoms. The van der Waals surface area contributed by atoms with Crippen LogP contribution in [0, 0.1) is 0 Å². The van der Waals surface area contributed by atoms with Gasteiger partial charge in [0.1, 0.15) is 5.69 Å². The molecule has 1 aromatic heterocycles. The first kappa shape index (κ1) is 14.3. The highest BCUT2D eigenvalue weighted by Gasteiger charge is 2.32. The average Bonchev–Trinajstić information content (AvgIpc) is 2.96. The summed E-state index contributed by atoms with van der Waals surface area (Å²) in [5, 5.41) is 6.33. The van der Waals surface area contributed by atoms with Crippen molar-refractivity contribution in [3.63, 3.8) is 0 Å². The van der Waals surface area contributed by atoms with E-state index in [1.165, 1.54) is 19.4 Å².